The molecule has 0 aromatic rings. The molecule has 3 N–H and O–H groups in total. The third-order valence-electron chi connectivity index (χ3n) is 7.38. The molecule has 1 aliphatic carbocycles. The van der Waals surface area contributed by atoms with Crippen molar-refractivity contribution in [2.24, 2.45) is 28.6 Å². The van der Waals surface area contributed by atoms with Crippen molar-refractivity contribution in [3.63, 3.8) is 0 Å². The lowest BCUT2D eigenvalue weighted by Crippen LogP contribution is -2.59. The van der Waals surface area contributed by atoms with Gasteiger partial charge in [-0.2, -0.15) is 5.26 Å². The average Bonchev–Trinajstić information content (AvgIpc) is 3.05. The first-order valence-corrected chi connectivity index (χ1v) is 11.3. The molecular formula is C23H35N5O4. The lowest BCUT2D eigenvalue weighted by molar-refractivity contribution is -0.145. The highest BCUT2D eigenvalue weighted by Crippen LogP contribution is 2.65. The minimum Gasteiger partial charge on any atom is -0.356 e. The molecule has 2 saturated heterocycles. The van der Waals surface area contributed by atoms with Gasteiger partial charge in [-0.15, -0.1) is 0 Å². The van der Waals surface area contributed by atoms with E-state index in [2.05, 4.69) is 35.9 Å². The second-order valence-electron chi connectivity index (χ2n) is 11.1. The molecule has 1 saturated carbocycles. The zero-order chi connectivity index (χ0) is 24.0. The Morgan fingerprint density at radius 1 is 1.28 bits per heavy atom. The minimum atomic E-state index is -0.803. The van der Waals surface area contributed by atoms with Crippen molar-refractivity contribution in [3.05, 3.63) is 0 Å². The van der Waals surface area contributed by atoms with Gasteiger partial charge in [-0.25, -0.2) is 0 Å². The molecule has 2 heterocycles. The maximum Gasteiger partial charge on any atom is 0.246 e. The molecule has 2 aliphatic heterocycles. The Kier molecular flexibility index (Phi) is 6.29. The first-order chi connectivity index (χ1) is 14.8. The van der Waals surface area contributed by atoms with Gasteiger partial charge in [-0.3, -0.25) is 19.2 Å². The van der Waals surface area contributed by atoms with Crippen LogP contribution in [-0.2, 0) is 19.2 Å². The van der Waals surface area contributed by atoms with Crippen molar-refractivity contribution in [1.82, 2.24) is 20.9 Å². The van der Waals surface area contributed by atoms with Crippen LogP contribution in [0.15, 0.2) is 0 Å². The molecule has 0 bridgehead atoms. The van der Waals surface area contributed by atoms with Crippen molar-refractivity contribution in [3.8, 4) is 6.07 Å². The Morgan fingerprint density at radius 2 is 1.94 bits per heavy atom. The summed E-state index contributed by atoms with van der Waals surface area (Å²) in [5, 5.41) is 17.9. The Hall–Kier alpha value is -2.63. The van der Waals surface area contributed by atoms with Crippen LogP contribution in [0.1, 0.15) is 54.4 Å². The number of amides is 4. The van der Waals surface area contributed by atoms with Crippen LogP contribution in [0, 0.1) is 39.9 Å². The van der Waals surface area contributed by atoms with E-state index in [0.717, 1.165) is 0 Å². The SMILES string of the molecule is CC(=O)NC(C(=O)N1CC2[C@@H]([C@H]1C(=O)N[C@H](C#N)C[C@@H]1CCNC1=O)C2(C)C)C(C)(C)C. The number of hydrogen-bond acceptors (Lipinski definition) is 5. The van der Waals surface area contributed by atoms with Crippen molar-refractivity contribution in [2.45, 2.75) is 72.5 Å². The predicted molar refractivity (Wildman–Crippen MR) is 117 cm³/mol. The molecule has 0 spiro atoms. The Labute approximate surface area is 189 Å². The molecule has 4 amide bonds. The van der Waals surface area contributed by atoms with Crippen molar-refractivity contribution in [2.75, 3.05) is 13.1 Å². The second kappa shape index (κ2) is 8.38. The molecule has 176 valence electrons. The summed E-state index contributed by atoms with van der Waals surface area (Å²) in [7, 11) is 0. The smallest absolute Gasteiger partial charge is 0.246 e. The van der Waals surface area contributed by atoms with Crippen LogP contribution in [0.2, 0.25) is 0 Å². The standard InChI is InChI=1S/C23H35N5O4/c1-12(29)26-18(22(2,3)4)21(32)28-11-15-16(23(15,5)6)17(28)20(31)27-14(10-24)9-13-7-8-25-19(13)30/h13-18H,7-9,11H2,1-6H3,(H,25,30)(H,26,29)(H,27,31)/t13-,14-,15?,16-,17-,18?/m0/s1. The van der Waals surface area contributed by atoms with Gasteiger partial charge in [0, 0.05) is 25.9 Å². The molecule has 6 atom stereocenters. The van der Waals surface area contributed by atoms with Gasteiger partial charge in [0.2, 0.25) is 23.6 Å². The number of piperidine rings is 1. The number of nitrogens with zero attached hydrogens (tertiary/aromatic N) is 2. The zero-order valence-corrected chi connectivity index (χ0v) is 19.8. The topological polar surface area (TPSA) is 131 Å². The van der Waals surface area contributed by atoms with E-state index in [1.165, 1.54) is 6.92 Å². The Bertz CT molecular complexity index is 855. The Balaban J connectivity index is 1.78. The highest BCUT2D eigenvalue weighted by molar-refractivity contribution is 5.94. The van der Waals surface area contributed by atoms with Crippen molar-refractivity contribution < 1.29 is 19.2 Å². The minimum absolute atomic E-state index is 0.00137. The van der Waals surface area contributed by atoms with Crippen LogP contribution < -0.4 is 16.0 Å². The third-order valence-corrected chi connectivity index (χ3v) is 7.38. The van der Waals surface area contributed by atoms with E-state index >= 15 is 0 Å². The van der Waals surface area contributed by atoms with E-state index in [-0.39, 0.29) is 53.2 Å². The van der Waals surface area contributed by atoms with Gasteiger partial charge in [-0.1, -0.05) is 34.6 Å². The second-order valence-corrected chi connectivity index (χ2v) is 11.1. The fourth-order valence-corrected chi connectivity index (χ4v) is 5.39. The molecule has 0 radical (unpaired) electrons. The molecule has 0 aromatic heterocycles. The number of nitriles is 1. The molecule has 32 heavy (non-hydrogen) atoms. The van der Waals surface area contributed by atoms with E-state index in [4.69, 9.17) is 0 Å². The fourth-order valence-electron chi connectivity index (χ4n) is 5.39. The summed E-state index contributed by atoms with van der Waals surface area (Å²) in [5.41, 5.74) is -0.603. The summed E-state index contributed by atoms with van der Waals surface area (Å²) in [6.07, 6.45) is 0.894. The van der Waals surface area contributed by atoms with Crippen LogP contribution in [-0.4, -0.2) is 59.7 Å². The van der Waals surface area contributed by atoms with Gasteiger partial charge < -0.3 is 20.9 Å². The molecule has 2 unspecified atom stereocenters. The number of hydrogen-bond donors (Lipinski definition) is 3. The highest BCUT2D eigenvalue weighted by atomic mass is 16.2. The number of likely N-dealkylation sites (tertiary alicyclic amines) is 1. The summed E-state index contributed by atoms with van der Waals surface area (Å²) >= 11 is 0. The fraction of sp³-hybridized carbons (Fsp3) is 0.783. The monoisotopic (exact) mass is 445 g/mol. The highest BCUT2D eigenvalue weighted by Gasteiger charge is 2.69. The van der Waals surface area contributed by atoms with Crippen molar-refractivity contribution in [1.29, 1.82) is 5.26 Å². The number of nitrogens with one attached hydrogen (secondary N) is 3. The van der Waals surface area contributed by atoms with E-state index in [9.17, 15) is 24.4 Å². The quantitative estimate of drug-likeness (QED) is 0.550. The van der Waals surface area contributed by atoms with Crippen LogP contribution in [0.3, 0.4) is 0 Å². The lowest BCUT2D eigenvalue weighted by Gasteiger charge is -2.37. The molecule has 9 nitrogen and oxygen atoms in total. The van der Waals surface area contributed by atoms with Gasteiger partial charge in [0.05, 0.1) is 6.07 Å². The third kappa shape index (κ3) is 4.45. The van der Waals surface area contributed by atoms with Crippen LogP contribution in [0.5, 0.6) is 0 Å². The van der Waals surface area contributed by atoms with Crippen molar-refractivity contribution >= 4 is 23.6 Å². The lowest BCUT2D eigenvalue weighted by atomic mass is 9.85. The largest absolute Gasteiger partial charge is 0.356 e. The maximum absolute atomic E-state index is 13.5. The van der Waals surface area contributed by atoms with E-state index in [1.54, 1.807) is 4.90 Å². The first kappa shape index (κ1) is 24.0. The summed E-state index contributed by atoms with van der Waals surface area (Å²) < 4.78 is 0. The maximum atomic E-state index is 13.5. The molecule has 3 rings (SSSR count). The number of rotatable bonds is 6. The molecule has 0 aromatic carbocycles. The summed E-state index contributed by atoms with van der Waals surface area (Å²) in [6, 6.07) is -0.164. The van der Waals surface area contributed by atoms with Crippen LogP contribution in [0.4, 0.5) is 0 Å². The summed E-state index contributed by atoms with van der Waals surface area (Å²) in [6.45, 7) is 12.2. The van der Waals surface area contributed by atoms with E-state index in [1.807, 2.05) is 20.8 Å². The van der Waals surface area contributed by atoms with Gasteiger partial charge in [0.15, 0.2) is 0 Å². The molecule has 9 heteroatoms. The van der Waals surface area contributed by atoms with Gasteiger partial charge in [-0.05, 0) is 35.5 Å². The van der Waals surface area contributed by atoms with Crippen LogP contribution >= 0.6 is 0 Å². The van der Waals surface area contributed by atoms with Crippen LogP contribution in [0.25, 0.3) is 0 Å². The van der Waals surface area contributed by atoms with Gasteiger partial charge >= 0.3 is 0 Å². The summed E-state index contributed by atoms with van der Waals surface area (Å²) in [4.78, 5) is 52.1. The first-order valence-electron chi connectivity index (χ1n) is 11.3. The Morgan fingerprint density at radius 3 is 2.44 bits per heavy atom. The molecule has 3 aliphatic rings. The van der Waals surface area contributed by atoms with E-state index < -0.39 is 23.5 Å². The van der Waals surface area contributed by atoms with E-state index in [0.29, 0.717) is 19.5 Å². The number of fused-ring (bicyclic) bond motifs is 1. The summed E-state index contributed by atoms with van der Waals surface area (Å²) in [5.74, 6) is -1.14. The number of carbonyl (C=O) groups excluding carboxylic acids is 4. The van der Waals surface area contributed by atoms with Gasteiger partial charge in [0.1, 0.15) is 18.1 Å². The molecular weight excluding hydrogens is 410 g/mol. The predicted octanol–water partition coefficient (Wildman–Crippen LogP) is 0.555. The normalized spacial score (nSPS) is 29.9. The average molecular weight is 446 g/mol. The zero-order valence-electron chi connectivity index (χ0n) is 19.8. The number of carbonyl (C=O) groups is 4. The van der Waals surface area contributed by atoms with Gasteiger partial charge in [0.25, 0.3) is 0 Å². The molecule has 3 fully saturated rings.